The van der Waals surface area contributed by atoms with Crippen LogP contribution < -0.4 is 4.90 Å². The number of aromatic nitrogens is 1. The summed E-state index contributed by atoms with van der Waals surface area (Å²) in [4.78, 5) is 2.46. The van der Waals surface area contributed by atoms with Crippen molar-refractivity contribution in [3.8, 4) is 27.9 Å². The number of para-hydroxylation sites is 5. The molecule has 0 saturated heterocycles. The summed E-state index contributed by atoms with van der Waals surface area (Å²) in [5.41, 5.74) is 13.0. The second-order valence-electron chi connectivity index (χ2n) is 14.0. The highest BCUT2D eigenvalue weighted by Crippen LogP contribution is 2.50. The fourth-order valence-electron chi connectivity index (χ4n) is 8.65. The van der Waals surface area contributed by atoms with Crippen molar-refractivity contribution < 1.29 is 4.42 Å². The molecule has 11 rings (SSSR count). The van der Waals surface area contributed by atoms with Gasteiger partial charge in [-0.15, -0.1) is 0 Å². The maximum Gasteiger partial charge on any atom is 0.137 e. The van der Waals surface area contributed by atoms with Crippen LogP contribution in [0.25, 0.3) is 82.5 Å². The van der Waals surface area contributed by atoms with Crippen molar-refractivity contribution in [2.45, 2.75) is 0 Å². The van der Waals surface area contributed by atoms with Gasteiger partial charge in [-0.25, -0.2) is 0 Å². The maximum atomic E-state index is 6.52. The molecule has 0 atom stereocenters. The van der Waals surface area contributed by atoms with Crippen LogP contribution in [0.2, 0.25) is 0 Å². The average Bonchev–Trinajstić information content (AvgIpc) is 3.81. The van der Waals surface area contributed by atoms with Crippen LogP contribution in [0.4, 0.5) is 17.1 Å². The fourth-order valence-corrected chi connectivity index (χ4v) is 8.65. The number of hydrogen-bond acceptors (Lipinski definition) is 2. The summed E-state index contributed by atoms with van der Waals surface area (Å²) in [6, 6.07) is 74.0. The molecule has 0 fully saturated rings. The molecule has 0 aliphatic carbocycles. The molecule has 2 heterocycles. The van der Waals surface area contributed by atoms with Gasteiger partial charge in [-0.05, 0) is 64.9 Å². The van der Waals surface area contributed by atoms with E-state index >= 15 is 0 Å². The van der Waals surface area contributed by atoms with Gasteiger partial charge in [0.15, 0.2) is 0 Å². The van der Waals surface area contributed by atoms with E-state index in [4.69, 9.17) is 4.42 Å². The predicted molar refractivity (Wildman–Crippen MR) is 231 cm³/mol. The van der Waals surface area contributed by atoms with Gasteiger partial charge >= 0.3 is 0 Å². The van der Waals surface area contributed by atoms with E-state index in [1.165, 1.54) is 38.1 Å². The zero-order valence-electron chi connectivity index (χ0n) is 29.9. The molecule has 0 unspecified atom stereocenters. The third-order valence-electron chi connectivity index (χ3n) is 11.0. The van der Waals surface area contributed by atoms with E-state index < -0.39 is 0 Å². The van der Waals surface area contributed by atoms with Crippen LogP contribution in [-0.4, -0.2) is 4.57 Å². The van der Waals surface area contributed by atoms with E-state index in [9.17, 15) is 0 Å². The van der Waals surface area contributed by atoms with Crippen LogP contribution in [-0.2, 0) is 0 Å². The van der Waals surface area contributed by atoms with Crippen molar-refractivity contribution in [1.29, 1.82) is 0 Å². The first-order valence-electron chi connectivity index (χ1n) is 18.8. The Balaban J connectivity index is 1.28. The molecule has 258 valence electrons. The predicted octanol–water partition coefficient (Wildman–Crippen LogP) is 14.6. The lowest BCUT2D eigenvalue weighted by Gasteiger charge is -2.31. The number of anilines is 3. The minimum Gasteiger partial charge on any atom is -0.456 e. The van der Waals surface area contributed by atoms with Gasteiger partial charge in [0.25, 0.3) is 0 Å². The lowest BCUT2D eigenvalue weighted by Crippen LogP contribution is -2.13. The molecule has 0 aliphatic heterocycles. The lowest BCUT2D eigenvalue weighted by molar-refractivity contribution is 0.669. The Morgan fingerprint density at radius 1 is 0.364 bits per heavy atom. The highest BCUT2D eigenvalue weighted by atomic mass is 16.3. The number of benzene rings is 9. The molecule has 55 heavy (non-hydrogen) atoms. The summed E-state index contributed by atoms with van der Waals surface area (Å²) in [5, 5.41) is 7.03. The molecule has 3 nitrogen and oxygen atoms in total. The van der Waals surface area contributed by atoms with Crippen LogP contribution in [0.1, 0.15) is 0 Å². The maximum absolute atomic E-state index is 6.52. The highest BCUT2D eigenvalue weighted by molar-refractivity contribution is 6.16. The topological polar surface area (TPSA) is 21.3 Å². The normalized spacial score (nSPS) is 11.6. The number of fused-ring (bicyclic) bond motifs is 7. The van der Waals surface area contributed by atoms with E-state index in [-0.39, 0.29) is 0 Å². The summed E-state index contributed by atoms with van der Waals surface area (Å²) < 4.78 is 8.98. The van der Waals surface area contributed by atoms with Gasteiger partial charge in [-0.1, -0.05) is 158 Å². The van der Waals surface area contributed by atoms with E-state index in [0.29, 0.717) is 0 Å². The quantitative estimate of drug-likeness (QED) is 0.172. The second-order valence-corrected chi connectivity index (χ2v) is 14.0. The van der Waals surface area contributed by atoms with Crippen molar-refractivity contribution in [3.05, 3.63) is 206 Å². The first-order chi connectivity index (χ1) is 27.3. The first kappa shape index (κ1) is 31.2. The van der Waals surface area contributed by atoms with Crippen LogP contribution in [0, 0.1) is 0 Å². The van der Waals surface area contributed by atoms with Crippen molar-refractivity contribution in [1.82, 2.24) is 4.57 Å². The Bertz CT molecular complexity index is 3170. The number of nitrogens with zero attached hydrogens (tertiary/aromatic N) is 2. The number of rotatable bonds is 6. The van der Waals surface area contributed by atoms with E-state index in [2.05, 4.69) is 210 Å². The molecule has 0 saturated carbocycles. The number of hydrogen-bond donors (Lipinski definition) is 0. The van der Waals surface area contributed by atoms with Gasteiger partial charge in [0.1, 0.15) is 11.2 Å². The van der Waals surface area contributed by atoms with Gasteiger partial charge in [0, 0.05) is 32.8 Å². The molecule has 11 aromatic rings. The summed E-state index contributed by atoms with van der Waals surface area (Å²) in [5.74, 6) is 0. The monoisotopic (exact) mass is 702 g/mol. The van der Waals surface area contributed by atoms with Gasteiger partial charge in [0.05, 0.1) is 39.2 Å². The van der Waals surface area contributed by atoms with E-state index in [1.54, 1.807) is 0 Å². The zero-order valence-corrected chi connectivity index (χ0v) is 29.9. The minimum atomic E-state index is 0.856. The van der Waals surface area contributed by atoms with Gasteiger partial charge < -0.3 is 13.9 Å². The van der Waals surface area contributed by atoms with Crippen LogP contribution in [0.5, 0.6) is 0 Å². The van der Waals surface area contributed by atoms with Crippen LogP contribution in [0.15, 0.2) is 211 Å². The van der Waals surface area contributed by atoms with E-state index in [1.807, 2.05) is 6.07 Å². The van der Waals surface area contributed by atoms with Crippen molar-refractivity contribution in [2.75, 3.05) is 4.90 Å². The molecule has 9 aromatic carbocycles. The Morgan fingerprint density at radius 2 is 0.909 bits per heavy atom. The largest absolute Gasteiger partial charge is 0.456 e. The smallest absolute Gasteiger partial charge is 0.137 e. The molecule has 0 aliphatic rings. The third kappa shape index (κ3) is 4.91. The van der Waals surface area contributed by atoms with E-state index in [0.717, 1.165) is 61.4 Å². The molecule has 3 heteroatoms. The number of furan rings is 1. The second kappa shape index (κ2) is 12.6. The summed E-state index contributed by atoms with van der Waals surface area (Å²) in [6.45, 7) is 0. The zero-order chi connectivity index (χ0) is 36.3. The Labute approximate surface area is 318 Å². The summed E-state index contributed by atoms with van der Waals surface area (Å²) in [6.07, 6.45) is 0. The van der Waals surface area contributed by atoms with Crippen LogP contribution >= 0.6 is 0 Å². The lowest BCUT2D eigenvalue weighted by atomic mass is 9.93. The van der Waals surface area contributed by atoms with Crippen molar-refractivity contribution >= 4 is 71.6 Å². The Kier molecular flexibility index (Phi) is 7.17. The average molecular weight is 703 g/mol. The van der Waals surface area contributed by atoms with Crippen LogP contribution in [0.3, 0.4) is 0 Å². The van der Waals surface area contributed by atoms with Gasteiger partial charge in [-0.2, -0.15) is 0 Å². The van der Waals surface area contributed by atoms with Gasteiger partial charge in [-0.3, -0.25) is 0 Å². The first-order valence-corrected chi connectivity index (χ1v) is 18.8. The molecule has 0 N–H and O–H groups in total. The summed E-state index contributed by atoms with van der Waals surface area (Å²) in [7, 11) is 0. The fraction of sp³-hybridized carbons (Fsp3) is 0. The minimum absolute atomic E-state index is 0.856. The molecule has 0 amide bonds. The molecule has 0 radical (unpaired) electrons. The standard InChI is InChI=1S/C52H34N2O/c1-2-17-35(18-3-1)37-20-6-11-26-43(37)53(47-30-16-32-50-52(47)42-25-10-15-31-49(42)55-50)46-29-14-9-24-41(46)51-38-21-5-4-19-36(38)33-34-48(51)54-44-27-12-7-22-39(44)40-23-8-13-28-45(40)54/h1-34H. The SMILES string of the molecule is c1ccc(-c2ccccc2N(c2ccccc2-c2c(-n3c4ccccc4c4ccccc43)ccc3ccccc23)c2cccc3oc4ccccc4c23)cc1. The van der Waals surface area contributed by atoms with Crippen molar-refractivity contribution in [3.63, 3.8) is 0 Å². The molecular formula is C52H34N2O. The Morgan fingerprint density at radius 3 is 1.67 bits per heavy atom. The summed E-state index contributed by atoms with van der Waals surface area (Å²) >= 11 is 0. The molecule has 2 aromatic heterocycles. The Hall–Kier alpha value is -7.36. The molecule has 0 spiro atoms. The third-order valence-corrected chi connectivity index (χ3v) is 11.0. The highest BCUT2D eigenvalue weighted by Gasteiger charge is 2.26. The van der Waals surface area contributed by atoms with Gasteiger partial charge in [0.2, 0.25) is 0 Å². The molecular weight excluding hydrogens is 669 g/mol. The molecule has 0 bridgehead atoms. The van der Waals surface area contributed by atoms with Crippen molar-refractivity contribution in [2.24, 2.45) is 0 Å².